The van der Waals surface area contributed by atoms with E-state index in [0.717, 1.165) is 103 Å². The topological polar surface area (TPSA) is 78.9 Å². The molecular weight excluding hydrogens is 865 g/mol. The van der Waals surface area contributed by atoms with E-state index in [1.807, 2.05) is 6.08 Å². The predicted molar refractivity (Wildman–Crippen MR) is 302 cm³/mol. The average molecular weight is 972 g/mol. The molecule has 0 spiro atoms. The van der Waals surface area contributed by atoms with Gasteiger partial charge in [-0.25, -0.2) is 0 Å². The first-order chi connectivity index (χ1) is 34.5. The fourth-order valence-corrected chi connectivity index (χ4v) is 7.67. The van der Waals surface area contributed by atoms with Crippen molar-refractivity contribution in [3.05, 3.63) is 109 Å². The van der Waals surface area contributed by atoms with Crippen LogP contribution in [0.2, 0.25) is 0 Å². The second-order valence-corrected chi connectivity index (χ2v) is 18.8. The first-order valence-electron chi connectivity index (χ1n) is 28.9. The summed E-state index contributed by atoms with van der Waals surface area (Å²) in [7, 11) is 0. The lowest BCUT2D eigenvalue weighted by Crippen LogP contribution is -2.30. The predicted octanol–water partition coefficient (Wildman–Crippen LogP) is 19.5. The van der Waals surface area contributed by atoms with Crippen LogP contribution in [0.1, 0.15) is 258 Å². The van der Waals surface area contributed by atoms with Crippen molar-refractivity contribution in [3.63, 3.8) is 0 Å². The number of carbonyl (C=O) groups excluding carboxylic acids is 3. The molecule has 0 rings (SSSR count). The van der Waals surface area contributed by atoms with E-state index in [9.17, 15) is 14.4 Å². The van der Waals surface area contributed by atoms with E-state index in [1.54, 1.807) is 0 Å². The van der Waals surface area contributed by atoms with Gasteiger partial charge in [0, 0.05) is 19.3 Å². The molecule has 0 aliphatic rings. The van der Waals surface area contributed by atoms with Gasteiger partial charge in [0.15, 0.2) is 6.10 Å². The van der Waals surface area contributed by atoms with Crippen molar-refractivity contribution < 1.29 is 28.6 Å². The molecule has 0 aromatic heterocycles. The van der Waals surface area contributed by atoms with Gasteiger partial charge < -0.3 is 14.2 Å². The third kappa shape index (κ3) is 55.0. The van der Waals surface area contributed by atoms with Gasteiger partial charge in [0.25, 0.3) is 0 Å². The van der Waals surface area contributed by atoms with E-state index in [1.165, 1.54) is 109 Å². The minimum absolute atomic E-state index is 0.112. The molecule has 1 unspecified atom stereocenters. The van der Waals surface area contributed by atoms with Crippen LogP contribution in [0.15, 0.2) is 109 Å². The minimum atomic E-state index is -0.819. The van der Waals surface area contributed by atoms with Gasteiger partial charge in [0.1, 0.15) is 13.2 Å². The molecule has 0 amide bonds. The van der Waals surface area contributed by atoms with E-state index >= 15 is 0 Å². The van der Waals surface area contributed by atoms with E-state index in [0.29, 0.717) is 19.3 Å². The zero-order valence-electron chi connectivity index (χ0n) is 45.5. The van der Waals surface area contributed by atoms with Crippen LogP contribution in [0, 0.1) is 0 Å². The van der Waals surface area contributed by atoms with Gasteiger partial charge in [-0.3, -0.25) is 14.4 Å². The van der Waals surface area contributed by atoms with Crippen molar-refractivity contribution in [2.24, 2.45) is 0 Å². The Balaban J connectivity index is 4.53. The van der Waals surface area contributed by atoms with E-state index in [-0.39, 0.29) is 37.5 Å². The van der Waals surface area contributed by atoms with Gasteiger partial charge in [0.2, 0.25) is 0 Å². The van der Waals surface area contributed by atoms with Crippen molar-refractivity contribution in [3.8, 4) is 0 Å². The van der Waals surface area contributed by atoms with Gasteiger partial charge >= 0.3 is 17.9 Å². The van der Waals surface area contributed by atoms with E-state index < -0.39 is 6.10 Å². The number of allylic oxidation sites excluding steroid dienone is 18. The van der Waals surface area contributed by atoms with Gasteiger partial charge in [-0.1, -0.05) is 233 Å². The molecule has 0 aromatic carbocycles. The average Bonchev–Trinajstić information content (AvgIpc) is 3.36. The second-order valence-electron chi connectivity index (χ2n) is 18.8. The molecule has 70 heavy (non-hydrogen) atoms. The summed E-state index contributed by atoms with van der Waals surface area (Å²) in [5.41, 5.74) is 0. The van der Waals surface area contributed by atoms with Crippen LogP contribution in [-0.4, -0.2) is 37.2 Å². The van der Waals surface area contributed by atoms with E-state index in [2.05, 4.69) is 124 Å². The molecule has 0 saturated heterocycles. The molecule has 0 fully saturated rings. The number of unbranched alkanes of at least 4 members (excludes halogenated alkanes) is 22. The standard InChI is InChI=1S/C64H106O6/c1-4-7-10-13-16-19-22-25-28-30-32-34-36-39-42-45-48-51-54-57-63(66)69-60-61(59-68-62(65)56-53-50-47-44-41-38-35-27-24-21-18-15-12-9-6-3)70-64(67)58-55-52-49-46-43-40-37-33-31-29-26-23-20-17-14-11-8-5-2/h7,10,16,18-19,21,25,27-29,31-32,34-35,39,42,48,51,61H,4-6,8-9,11-15,17,20,22-24,26,30,33,36-38,40-41,43-47,49-50,52-60H2,1-3H3/b10-7-,19-16-,21-18-,28-25-,31-29-,34-32-,35-27-,42-39-,51-48-. The fourth-order valence-electron chi connectivity index (χ4n) is 7.67. The second kappa shape index (κ2) is 57.6. The first kappa shape index (κ1) is 66.1. The lowest BCUT2D eigenvalue weighted by Gasteiger charge is -2.18. The Hall–Kier alpha value is -3.93. The summed E-state index contributed by atoms with van der Waals surface area (Å²) in [4.78, 5) is 38.1. The van der Waals surface area contributed by atoms with Gasteiger partial charge in [-0.15, -0.1) is 0 Å². The number of hydrogen-bond donors (Lipinski definition) is 0. The van der Waals surface area contributed by atoms with Gasteiger partial charge in [-0.2, -0.15) is 0 Å². The Morgan fingerprint density at radius 3 is 1.00 bits per heavy atom. The molecule has 0 saturated carbocycles. The number of hydrogen-bond acceptors (Lipinski definition) is 6. The molecule has 1 atom stereocenters. The molecule has 6 heteroatoms. The number of esters is 3. The third-order valence-electron chi connectivity index (χ3n) is 12.0. The van der Waals surface area contributed by atoms with E-state index in [4.69, 9.17) is 14.2 Å². The summed E-state index contributed by atoms with van der Waals surface area (Å²) < 4.78 is 16.8. The Morgan fingerprint density at radius 1 is 0.300 bits per heavy atom. The molecule has 0 N–H and O–H groups in total. The Bertz CT molecular complexity index is 1440. The summed E-state index contributed by atoms with van der Waals surface area (Å²) in [6, 6.07) is 0. The van der Waals surface area contributed by atoms with Crippen LogP contribution in [0.5, 0.6) is 0 Å². The summed E-state index contributed by atoms with van der Waals surface area (Å²) in [6.07, 6.45) is 78.0. The SMILES string of the molecule is CC/C=C\C/C=C\C/C=C\C/C=C\C/C=C\C/C=C\CCC(=O)OCC(COC(=O)CCCCCCC/C=C\C/C=C\CCCCC)OC(=O)CCCCCCCCC/C=C\CCCCCCCCC. The molecule has 0 heterocycles. The highest BCUT2D eigenvalue weighted by molar-refractivity contribution is 5.71. The lowest BCUT2D eigenvalue weighted by molar-refractivity contribution is -0.166. The van der Waals surface area contributed by atoms with Crippen LogP contribution >= 0.6 is 0 Å². The Kier molecular flexibility index (Phi) is 54.4. The number of ether oxygens (including phenoxy) is 3. The molecule has 0 aliphatic heterocycles. The Labute approximate surface area is 431 Å². The highest BCUT2D eigenvalue weighted by Crippen LogP contribution is 2.14. The zero-order valence-corrected chi connectivity index (χ0v) is 45.5. The lowest BCUT2D eigenvalue weighted by atomic mass is 10.1. The van der Waals surface area contributed by atoms with Crippen LogP contribution in [-0.2, 0) is 28.6 Å². The fraction of sp³-hybridized carbons (Fsp3) is 0.672. The van der Waals surface area contributed by atoms with Crippen LogP contribution in [0.4, 0.5) is 0 Å². The maximum atomic E-state index is 12.9. The molecule has 0 radical (unpaired) electrons. The molecule has 6 nitrogen and oxygen atoms in total. The largest absolute Gasteiger partial charge is 0.462 e. The van der Waals surface area contributed by atoms with Crippen molar-refractivity contribution in [2.45, 2.75) is 264 Å². The highest BCUT2D eigenvalue weighted by atomic mass is 16.6. The molecular formula is C64H106O6. The van der Waals surface area contributed by atoms with Gasteiger partial charge in [-0.05, 0) is 116 Å². The van der Waals surface area contributed by atoms with Crippen LogP contribution in [0.3, 0.4) is 0 Å². The summed E-state index contributed by atoms with van der Waals surface area (Å²) in [6.45, 7) is 6.42. The van der Waals surface area contributed by atoms with Crippen molar-refractivity contribution in [1.29, 1.82) is 0 Å². The number of carbonyl (C=O) groups is 3. The minimum Gasteiger partial charge on any atom is -0.462 e. The highest BCUT2D eigenvalue weighted by Gasteiger charge is 2.19. The summed E-state index contributed by atoms with van der Waals surface area (Å²) in [5, 5.41) is 0. The molecule has 0 aliphatic carbocycles. The zero-order chi connectivity index (χ0) is 50.7. The Morgan fingerprint density at radius 2 is 0.586 bits per heavy atom. The molecule has 0 bridgehead atoms. The first-order valence-corrected chi connectivity index (χ1v) is 28.9. The normalized spacial score (nSPS) is 12.9. The maximum absolute atomic E-state index is 12.9. The monoisotopic (exact) mass is 971 g/mol. The molecule has 0 aromatic rings. The third-order valence-corrected chi connectivity index (χ3v) is 12.0. The smallest absolute Gasteiger partial charge is 0.306 e. The maximum Gasteiger partial charge on any atom is 0.306 e. The van der Waals surface area contributed by atoms with Crippen molar-refractivity contribution in [2.75, 3.05) is 13.2 Å². The summed E-state index contributed by atoms with van der Waals surface area (Å²) in [5.74, 6) is -1.01. The summed E-state index contributed by atoms with van der Waals surface area (Å²) >= 11 is 0. The quantitative estimate of drug-likeness (QED) is 0.0262. The van der Waals surface area contributed by atoms with Crippen molar-refractivity contribution in [1.82, 2.24) is 0 Å². The number of rotatable bonds is 51. The van der Waals surface area contributed by atoms with Crippen molar-refractivity contribution >= 4 is 17.9 Å². The molecule has 398 valence electrons. The van der Waals surface area contributed by atoms with Crippen LogP contribution in [0.25, 0.3) is 0 Å². The van der Waals surface area contributed by atoms with Crippen LogP contribution < -0.4 is 0 Å². The van der Waals surface area contributed by atoms with Gasteiger partial charge in [0.05, 0.1) is 0 Å².